The number of carbonyl (C=O) groups excluding carboxylic acids is 1. The van der Waals surface area contributed by atoms with Crippen LogP contribution in [0.5, 0.6) is 0 Å². The molecule has 0 aliphatic rings. The van der Waals surface area contributed by atoms with Crippen molar-refractivity contribution >= 4 is 17.5 Å². The van der Waals surface area contributed by atoms with E-state index in [1.165, 1.54) is 10.7 Å². The number of hydrogen-bond donors (Lipinski definition) is 1. The number of hydrogen-bond acceptors (Lipinski definition) is 5. The molecule has 1 N–H and O–H groups in total. The Bertz CT molecular complexity index is 629. The Morgan fingerprint density at radius 3 is 2.79 bits per heavy atom. The van der Waals surface area contributed by atoms with Gasteiger partial charge in [0.05, 0.1) is 16.9 Å². The number of aromatic nitrogens is 4. The van der Waals surface area contributed by atoms with Crippen LogP contribution in [0.25, 0.3) is 0 Å². The minimum absolute atomic E-state index is 0.101. The van der Waals surface area contributed by atoms with E-state index < -0.39 is 4.92 Å². The van der Waals surface area contributed by atoms with Gasteiger partial charge in [0.1, 0.15) is 6.54 Å². The third-order valence-corrected chi connectivity index (χ3v) is 2.43. The van der Waals surface area contributed by atoms with Gasteiger partial charge in [-0.1, -0.05) is 0 Å². The van der Waals surface area contributed by atoms with Crippen LogP contribution in [0.15, 0.2) is 18.3 Å². The van der Waals surface area contributed by atoms with Crippen molar-refractivity contribution in [3.8, 4) is 0 Å². The summed E-state index contributed by atoms with van der Waals surface area (Å²) < 4.78 is 2.83. The second-order valence-electron chi connectivity index (χ2n) is 3.98. The van der Waals surface area contributed by atoms with E-state index in [-0.39, 0.29) is 18.3 Å². The molecule has 2 aromatic heterocycles. The van der Waals surface area contributed by atoms with Crippen LogP contribution < -0.4 is 5.32 Å². The zero-order valence-electron chi connectivity index (χ0n) is 10.4. The molecule has 9 heteroatoms. The van der Waals surface area contributed by atoms with Gasteiger partial charge in [0.2, 0.25) is 5.91 Å². The number of carbonyl (C=O) groups is 1. The standard InChI is InChI=1S/C10H12N6O3/c1-7-5-9(16(18)19)13-15(7)6-10(17)11-8-3-4-14(2)12-8/h3-5H,6H2,1-2H3,(H,11,12,17). The Hall–Kier alpha value is -2.71. The van der Waals surface area contributed by atoms with Crippen LogP contribution in [0.1, 0.15) is 5.69 Å². The number of amides is 1. The molecule has 0 saturated heterocycles. The predicted octanol–water partition coefficient (Wildman–Crippen LogP) is 0.472. The molecule has 1 amide bonds. The first-order valence-electron chi connectivity index (χ1n) is 5.44. The van der Waals surface area contributed by atoms with Crippen molar-refractivity contribution in [2.45, 2.75) is 13.5 Å². The third-order valence-electron chi connectivity index (χ3n) is 2.43. The maximum atomic E-state index is 11.7. The zero-order chi connectivity index (χ0) is 14.0. The predicted molar refractivity (Wildman–Crippen MR) is 65.5 cm³/mol. The molecular weight excluding hydrogens is 252 g/mol. The summed E-state index contributed by atoms with van der Waals surface area (Å²) in [6.07, 6.45) is 1.69. The van der Waals surface area contributed by atoms with Crippen molar-refractivity contribution in [2.75, 3.05) is 5.32 Å². The second kappa shape index (κ2) is 4.88. The fraction of sp³-hybridized carbons (Fsp3) is 0.300. The maximum Gasteiger partial charge on any atom is 0.390 e. The minimum atomic E-state index is -0.597. The van der Waals surface area contributed by atoms with E-state index in [1.807, 2.05) is 0 Å². The smallest absolute Gasteiger partial charge is 0.358 e. The Labute approximate surface area is 108 Å². The molecule has 0 unspecified atom stereocenters. The molecule has 0 bridgehead atoms. The quantitative estimate of drug-likeness (QED) is 0.638. The van der Waals surface area contributed by atoms with Crippen molar-refractivity contribution in [1.82, 2.24) is 19.6 Å². The lowest BCUT2D eigenvalue weighted by atomic mass is 10.4. The average molecular weight is 264 g/mol. The first-order valence-corrected chi connectivity index (χ1v) is 5.44. The highest BCUT2D eigenvalue weighted by Gasteiger charge is 2.17. The van der Waals surface area contributed by atoms with Crippen LogP contribution in [0.2, 0.25) is 0 Å². The molecule has 0 atom stereocenters. The lowest BCUT2D eigenvalue weighted by Crippen LogP contribution is -2.20. The van der Waals surface area contributed by atoms with E-state index >= 15 is 0 Å². The van der Waals surface area contributed by atoms with E-state index in [0.717, 1.165) is 0 Å². The number of nitrogens with one attached hydrogen (secondary N) is 1. The number of aryl methyl sites for hydroxylation is 2. The van der Waals surface area contributed by atoms with Crippen molar-refractivity contribution in [1.29, 1.82) is 0 Å². The zero-order valence-corrected chi connectivity index (χ0v) is 10.4. The van der Waals surface area contributed by atoms with Crippen LogP contribution in [0.4, 0.5) is 11.6 Å². The van der Waals surface area contributed by atoms with Gasteiger partial charge in [-0.25, -0.2) is 0 Å². The summed E-state index contributed by atoms with van der Waals surface area (Å²) in [6, 6.07) is 2.96. The van der Waals surface area contributed by atoms with E-state index in [1.54, 1.807) is 30.9 Å². The van der Waals surface area contributed by atoms with Crippen LogP contribution in [0.3, 0.4) is 0 Å². The van der Waals surface area contributed by atoms with E-state index in [0.29, 0.717) is 11.5 Å². The van der Waals surface area contributed by atoms with Crippen molar-refractivity contribution in [2.24, 2.45) is 7.05 Å². The van der Waals surface area contributed by atoms with E-state index in [4.69, 9.17) is 0 Å². The molecule has 9 nitrogen and oxygen atoms in total. The Morgan fingerprint density at radius 1 is 1.53 bits per heavy atom. The van der Waals surface area contributed by atoms with Crippen molar-refractivity contribution < 1.29 is 9.72 Å². The highest BCUT2D eigenvalue weighted by Crippen LogP contribution is 2.11. The normalized spacial score (nSPS) is 10.4. The monoisotopic (exact) mass is 264 g/mol. The summed E-state index contributed by atoms with van der Waals surface area (Å²) in [5.74, 6) is -0.199. The van der Waals surface area contributed by atoms with Gasteiger partial charge >= 0.3 is 5.82 Å². The lowest BCUT2D eigenvalue weighted by Gasteiger charge is -2.00. The Morgan fingerprint density at radius 2 is 2.26 bits per heavy atom. The highest BCUT2D eigenvalue weighted by atomic mass is 16.6. The van der Waals surface area contributed by atoms with Crippen LogP contribution in [-0.4, -0.2) is 30.4 Å². The fourth-order valence-electron chi connectivity index (χ4n) is 1.54. The number of nitro groups is 1. The largest absolute Gasteiger partial charge is 0.390 e. The summed E-state index contributed by atoms with van der Waals surface area (Å²) in [6.45, 7) is 1.55. The number of rotatable bonds is 4. The summed E-state index contributed by atoms with van der Waals surface area (Å²) in [4.78, 5) is 21.7. The van der Waals surface area contributed by atoms with Gasteiger partial charge in [-0.15, -0.1) is 0 Å². The second-order valence-corrected chi connectivity index (χ2v) is 3.98. The molecule has 2 heterocycles. The molecular formula is C10H12N6O3. The molecule has 0 radical (unpaired) electrons. The van der Waals surface area contributed by atoms with Gasteiger partial charge in [0.25, 0.3) is 0 Å². The Kier molecular flexibility index (Phi) is 3.27. The van der Waals surface area contributed by atoms with E-state index in [2.05, 4.69) is 15.5 Å². The maximum absolute atomic E-state index is 11.7. The third kappa shape index (κ3) is 2.94. The van der Waals surface area contributed by atoms with Crippen molar-refractivity contribution in [3.05, 3.63) is 34.1 Å². The van der Waals surface area contributed by atoms with Crippen LogP contribution in [-0.2, 0) is 18.4 Å². The summed E-state index contributed by atoms with van der Waals surface area (Å²) >= 11 is 0. The van der Waals surface area contributed by atoms with Gasteiger partial charge in [0, 0.05) is 19.3 Å². The molecule has 2 rings (SSSR count). The van der Waals surface area contributed by atoms with Gasteiger partial charge in [-0.05, 0) is 11.8 Å². The molecule has 0 fully saturated rings. The first-order chi connectivity index (χ1) is 8.95. The average Bonchev–Trinajstić information content (AvgIpc) is 2.86. The van der Waals surface area contributed by atoms with Crippen LogP contribution in [0, 0.1) is 17.0 Å². The SMILES string of the molecule is Cc1cc([N+](=O)[O-])nn1CC(=O)Nc1ccn(C)n1. The van der Waals surface area contributed by atoms with Gasteiger partial charge in [0.15, 0.2) is 5.82 Å². The Balaban J connectivity index is 2.04. The van der Waals surface area contributed by atoms with Crippen LogP contribution >= 0.6 is 0 Å². The molecule has 0 aliphatic heterocycles. The molecule has 0 aromatic carbocycles. The first kappa shape index (κ1) is 12.7. The van der Waals surface area contributed by atoms with Gasteiger partial charge in [-0.2, -0.15) is 9.78 Å². The molecule has 0 aliphatic carbocycles. The van der Waals surface area contributed by atoms with Crippen molar-refractivity contribution in [3.63, 3.8) is 0 Å². The molecule has 0 spiro atoms. The molecule has 100 valence electrons. The summed E-state index contributed by atoms with van der Waals surface area (Å²) in [7, 11) is 1.73. The van der Waals surface area contributed by atoms with E-state index in [9.17, 15) is 14.9 Å². The molecule has 2 aromatic rings. The number of nitrogens with zero attached hydrogens (tertiary/aromatic N) is 5. The fourth-order valence-corrected chi connectivity index (χ4v) is 1.54. The minimum Gasteiger partial charge on any atom is -0.358 e. The summed E-state index contributed by atoms with van der Waals surface area (Å²) in [5, 5.41) is 20.9. The topological polar surface area (TPSA) is 108 Å². The lowest BCUT2D eigenvalue weighted by molar-refractivity contribution is -0.389. The van der Waals surface area contributed by atoms with Gasteiger partial charge < -0.3 is 15.4 Å². The number of anilines is 1. The van der Waals surface area contributed by atoms with Gasteiger partial charge in [-0.3, -0.25) is 9.48 Å². The molecule has 0 saturated carbocycles. The highest BCUT2D eigenvalue weighted by molar-refractivity contribution is 5.89. The molecule has 19 heavy (non-hydrogen) atoms. The summed E-state index contributed by atoms with van der Waals surface area (Å²) in [5.41, 5.74) is 0.544.